The number of aromatic nitrogens is 3. The maximum absolute atomic E-state index is 12.4. The average molecular weight is 302 g/mol. The zero-order chi connectivity index (χ0) is 14.8. The zero-order valence-electron chi connectivity index (χ0n) is 10.5. The highest BCUT2D eigenvalue weighted by Crippen LogP contribution is 2.20. The fourth-order valence-electron chi connectivity index (χ4n) is 1.51. The van der Waals surface area contributed by atoms with Crippen molar-refractivity contribution < 1.29 is 17.2 Å². The van der Waals surface area contributed by atoms with Gasteiger partial charge in [0.15, 0.2) is 5.82 Å². The van der Waals surface area contributed by atoms with Crippen LogP contribution in [0.15, 0.2) is 35.5 Å². The Hall–Kier alpha value is -2.03. The van der Waals surface area contributed by atoms with E-state index in [1.54, 1.807) is 17.9 Å². The van der Waals surface area contributed by atoms with E-state index in [0.29, 0.717) is 18.1 Å². The molecule has 1 heterocycles. The van der Waals surface area contributed by atoms with Gasteiger partial charge in [-0.1, -0.05) is 0 Å². The first-order valence-corrected chi connectivity index (χ1v) is 7.15. The summed E-state index contributed by atoms with van der Waals surface area (Å²) >= 11 is 0. The highest BCUT2D eigenvalue weighted by atomic mass is 32.2. The van der Waals surface area contributed by atoms with Crippen LogP contribution in [0.5, 0.6) is 0 Å². The second kappa shape index (κ2) is 5.53. The van der Waals surface area contributed by atoms with Crippen LogP contribution in [0.3, 0.4) is 0 Å². The molecule has 0 radical (unpaired) electrons. The van der Waals surface area contributed by atoms with Gasteiger partial charge in [0.1, 0.15) is 6.33 Å². The first-order valence-electron chi connectivity index (χ1n) is 5.60. The van der Waals surface area contributed by atoms with Crippen molar-refractivity contribution in [3.05, 3.63) is 36.4 Å². The molecule has 0 aliphatic rings. The first kappa shape index (κ1) is 14.4. The fourth-order valence-corrected chi connectivity index (χ4v) is 2.23. The number of sulfone groups is 1. The van der Waals surface area contributed by atoms with E-state index >= 15 is 0 Å². The molecule has 0 spiro atoms. The molecule has 0 atom stereocenters. The fraction of sp³-hybridized carbons (Fsp3) is 0.273. The van der Waals surface area contributed by atoms with Gasteiger partial charge in [0.25, 0.3) is 0 Å². The molecule has 108 valence electrons. The van der Waals surface area contributed by atoms with Crippen molar-refractivity contribution in [2.75, 3.05) is 5.32 Å². The maximum atomic E-state index is 12.4. The SMILES string of the molecule is Cn1cnnc1CNc1ccc(S(=O)(=O)C(F)F)cc1. The molecule has 0 aliphatic carbocycles. The lowest BCUT2D eigenvalue weighted by Crippen LogP contribution is -2.11. The standard InChI is InChI=1S/C11H12F2N4O2S/c1-17-7-15-16-10(17)6-14-8-2-4-9(5-3-8)20(18,19)11(12)13/h2-5,7,11,14H,6H2,1H3. The van der Waals surface area contributed by atoms with Gasteiger partial charge in [-0.05, 0) is 24.3 Å². The predicted octanol–water partition coefficient (Wildman–Crippen LogP) is 1.42. The van der Waals surface area contributed by atoms with Crippen molar-refractivity contribution >= 4 is 15.5 Å². The third-order valence-electron chi connectivity index (χ3n) is 2.67. The van der Waals surface area contributed by atoms with Crippen molar-refractivity contribution in [3.8, 4) is 0 Å². The lowest BCUT2D eigenvalue weighted by Gasteiger charge is -2.07. The van der Waals surface area contributed by atoms with E-state index in [1.807, 2.05) is 0 Å². The quantitative estimate of drug-likeness (QED) is 0.904. The Bertz CT molecular complexity index is 683. The summed E-state index contributed by atoms with van der Waals surface area (Å²) in [6.45, 7) is 0.386. The first-order chi connectivity index (χ1) is 9.41. The molecule has 0 fully saturated rings. The second-order valence-corrected chi connectivity index (χ2v) is 5.96. The van der Waals surface area contributed by atoms with Gasteiger partial charge in [-0.2, -0.15) is 8.78 Å². The van der Waals surface area contributed by atoms with E-state index in [4.69, 9.17) is 0 Å². The molecule has 0 saturated heterocycles. The lowest BCUT2D eigenvalue weighted by atomic mass is 10.3. The van der Waals surface area contributed by atoms with Gasteiger partial charge in [0.2, 0.25) is 9.84 Å². The third kappa shape index (κ3) is 2.93. The van der Waals surface area contributed by atoms with Gasteiger partial charge in [-0.15, -0.1) is 10.2 Å². The maximum Gasteiger partial charge on any atom is 0.341 e. The summed E-state index contributed by atoms with van der Waals surface area (Å²) in [5.74, 6) is -2.73. The zero-order valence-corrected chi connectivity index (χ0v) is 11.3. The van der Waals surface area contributed by atoms with E-state index in [9.17, 15) is 17.2 Å². The minimum absolute atomic E-state index is 0.386. The number of nitrogens with zero attached hydrogens (tertiary/aromatic N) is 3. The van der Waals surface area contributed by atoms with E-state index in [0.717, 1.165) is 12.1 Å². The predicted molar refractivity (Wildman–Crippen MR) is 68.0 cm³/mol. The van der Waals surface area contributed by atoms with E-state index in [2.05, 4.69) is 15.5 Å². The summed E-state index contributed by atoms with van der Waals surface area (Å²) in [5, 5.41) is 10.6. The minimum atomic E-state index is -4.55. The lowest BCUT2D eigenvalue weighted by molar-refractivity contribution is 0.234. The number of aryl methyl sites for hydroxylation is 1. The van der Waals surface area contributed by atoms with Crippen LogP contribution in [-0.2, 0) is 23.4 Å². The molecule has 1 N–H and O–H groups in total. The van der Waals surface area contributed by atoms with Gasteiger partial charge in [-0.25, -0.2) is 8.42 Å². The normalized spacial score (nSPS) is 11.8. The number of anilines is 1. The molecular formula is C11H12F2N4O2S. The Morgan fingerprint density at radius 3 is 2.45 bits per heavy atom. The van der Waals surface area contributed by atoms with Gasteiger partial charge < -0.3 is 9.88 Å². The van der Waals surface area contributed by atoms with Crippen molar-refractivity contribution in [1.29, 1.82) is 0 Å². The van der Waals surface area contributed by atoms with E-state index in [1.165, 1.54) is 12.1 Å². The van der Waals surface area contributed by atoms with Crippen molar-refractivity contribution in [2.24, 2.45) is 7.05 Å². The van der Waals surface area contributed by atoms with Crippen molar-refractivity contribution in [1.82, 2.24) is 14.8 Å². The molecule has 2 aromatic rings. The van der Waals surface area contributed by atoms with Crippen LogP contribution in [0.2, 0.25) is 0 Å². The Morgan fingerprint density at radius 2 is 1.95 bits per heavy atom. The summed E-state index contributed by atoms with van der Waals surface area (Å²) in [4.78, 5) is -0.406. The topological polar surface area (TPSA) is 76.9 Å². The number of rotatable bonds is 5. The molecule has 2 rings (SSSR count). The molecule has 1 aromatic heterocycles. The molecule has 20 heavy (non-hydrogen) atoms. The molecular weight excluding hydrogens is 290 g/mol. The molecule has 9 heteroatoms. The van der Waals surface area contributed by atoms with E-state index in [-0.39, 0.29) is 0 Å². The number of halogens is 2. The van der Waals surface area contributed by atoms with Crippen LogP contribution in [0.1, 0.15) is 5.82 Å². The number of alkyl halides is 2. The Labute approximate surface area is 114 Å². The Morgan fingerprint density at radius 1 is 1.30 bits per heavy atom. The summed E-state index contributed by atoms with van der Waals surface area (Å²) in [7, 11) is -2.76. The van der Waals surface area contributed by atoms with Crippen LogP contribution in [-0.4, -0.2) is 28.9 Å². The summed E-state index contributed by atoms with van der Waals surface area (Å²) < 4.78 is 48.9. The Kier molecular flexibility index (Phi) is 3.98. The van der Waals surface area contributed by atoms with Crippen LogP contribution < -0.4 is 5.32 Å². The van der Waals surface area contributed by atoms with Gasteiger partial charge in [-0.3, -0.25) is 0 Å². The highest BCUT2D eigenvalue weighted by molar-refractivity contribution is 7.91. The summed E-state index contributed by atoms with van der Waals surface area (Å²) in [5.41, 5.74) is 0.598. The largest absolute Gasteiger partial charge is 0.378 e. The third-order valence-corrected chi connectivity index (χ3v) is 4.07. The van der Waals surface area contributed by atoms with Crippen LogP contribution in [0.25, 0.3) is 0 Å². The molecule has 0 saturated carbocycles. The number of benzene rings is 1. The molecule has 6 nitrogen and oxygen atoms in total. The number of hydrogen-bond acceptors (Lipinski definition) is 5. The van der Waals surface area contributed by atoms with Crippen molar-refractivity contribution in [3.63, 3.8) is 0 Å². The summed E-state index contributed by atoms with van der Waals surface area (Å²) in [6.07, 6.45) is 1.55. The second-order valence-electron chi connectivity index (χ2n) is 4.04. The van der Waals surface area contributed by atoms with Gasteiger partial charge >= 0.3 is 5.76 Å². The molecule has 0 aliphatic heterocycles. The van der Waals surface area contributed by atoms with E-state index < -0.39 is 20.5 Å². The smallest absolute Gasteiger partial charge is 0.341 e. The molecule has 0 amide bonds. The monoisotopic (exact) mass is 302 g/mol. The average Bonchev–Trinajstić information content (AvgIpc) is 2.82. The highest BCUT2D eigenvalue weighted by Gasteiger charge is 2.26. The Balaban J connectivity index is 2.08. The van der Waals surface area contributed by atoms with Crippen LogP contribution >= 0.6 is 0 Å². The molecule has 0 bridgehead atoms. The van der Waals surface area contributed by atoms with Gasteiger partial charge in [0, 0.05) is 12.7 Å². The van der Waals surface area contributed by atoms with Crippen molar-refractivity contribution in [2.45, 2.75) is 17.2 Å². The van der Waals surface area contributed by atoms with Crippen LogP contribution in [0, 0.1) is 0 Å². The summed E-state index contributed by atoms with van der Waals surface area (Å²) in [6, 6.07) is 5.12. The van der Waals surface area contributed by atoms with Crippen LogP contribution in [0.4, 0.5) is 14.5 Å². The number of hydrogen-bond donors (Lipinski definition) is 1. The molecule has 1 aromatic carbocycles. The number of nitrogens with one attached hydrogen (secondary N) is 1. The van der Waals surface area contributed by atoms with Gasteiger partial charge in [0.05, 0.1) is 11.4 Å². The molecule has 0 unspecified atom stereocenters. The minimum Gasteiger partial charge on any atom is -0.378 e.